The molecule has 15 heavy (non-hydrogen) atoms. The number of aromatic nitrogens is 4. The summed E-state index contributed by atoms with van der Waals surface area (Å²) in [6, 6.07) is 0.874. The summed E-state index contributed by atoms with van der Waals surface area (Å²) in [5, 5.41) is 12.7. The molecule has 2 fully saturated rings. The highest BCUT2D eigenvalue weighted by Gasteiger charge is 2.30. The molecule has 1 unspecified atom stereocenters. The first-order valence-corrected chi connectivity index (χ1v) is 6.49. The monoisotopic (exact) mass is 225 g/mol. The van der Waals surface area contributed by atoms with Crippen LogP contribution in [0.4, 0.5) is 0 Å². The van der Waals surface area contributed by atoms with Crippen LogP contribution in [0.3, 0.4) is 0 Å². The molecule has 0 saturated heterocycles. The second-order valence-electron chi connectivity index (χ2n) is 4.45. The van der Waals surface area contributed by atoms with Gasteiger partial charge in [0.2, 0.25) is 5.16 Å². The zero-order chi connectivity index (χ0) is 10.3. The number of nitrogens with two attached hydrogens (primary N) is 1. The van der Waals surface area contributed by atoms with Crippen molar-refractivity contribution in [3.8, 4) is 0 Å². The van der Waals surface area contributed by atoms with E-state index in [1.807, 2.05) is 4.68 Å². The van der Waals surface area contributed by atoms with E-state index in [0.29, 0.717) is 12.1 Å². The van der Waals surface area contributed by atoms with Crippen LogP contribution >= 0.6 is 11.8 Å². The van der Waals surface area contributed by atoms with Crippen LogP contribution in [0.1, 0.15) is 31.7 Å². The quantitative estimate of drug-likeness (QED) is 0.752. The fourth-order valence-corrected chi connectivity index (χ4v) is 2.69. The van der Waals surface area contributed by atoms with Crippen LogP contribution in [-0.2, 0) is 0 Å². The molecule has 3 rings (SSSR count). The third-order valence-corrected chi connectivity index (χ3v) is 4.07. The van der Waals surface area contributed by atoms with E-state index in [0.717, 1.165) is 16.8 Å². The SMILES string of the molecule is NC(CSc1nnnn1C1CC1)C1CC1. The maximum atomic E-state index is 6.04. The number of nitrogens with zero attached hydrogens (tertiary/aromatic N) is 4. The Morgan fingerprint density at radius 1 is 1.40 bits per heavy atom. The Kier molecular flexibility index (Phi) is 2.40. The largest absolute Gasteiger partial charge is 0.327 e. The molecular weight excluding hydrogens is 210 g/mol. The fourth-order valence-electron chi connectivity index (χ4n) is 1.66. The third kappa shape index (κ3) is 2.15. The van der Waals surface area contributed by atoms with Gasteiger partial charge in [-0.1, -0.05) is 11.8 Å². The molecule has 2 saturated carbocycles. The van der Waals surface area contributed by atoms with Crippen molar-refractivity contribution >= 4 is 11.8 Å². The average molecular weight is 225 g/mol. The molecule has 0 aromatic carbocycles. The molecular formula is C9H15N5S. The highest BCUT2D eigenvalue weighted by Crippen LogP contribution is 2.37. The molecule has 82 valence electrons. The number of hydrogen-bond acceptors (Lipinski definition) is 5. The summed E-state index contributed by atoms with van der Waals surface area (Å²) in [5.74, 6) is 1.69. The molecule has 1 aromatic heterocycles. The highest BCUT2D eigenvalue weighted by atomic mass is 32.2. The lowest BCUT2D eigenvalue weighted by atomic mass is 10.2. The minimum Gasteiger partial charge on any atom is -0.327 e. The van der Waals surface area contributed by atoms with E-state index in [4.69, 9.17) is 5.73 Å². The molecule has 6 heteroatoms. The first kappa shape index (κ1) is 9.59. The second-order valence-corrected chi connectivity index (χ2v) is 5.44. The van der Waals surface area contributed by atoms with Gasteiger partial charge >= 0.3 is 0 Å². The lowest BCUT2D eigenvalue weighted by Gasteiger charge is -2.08. The van der Waals surface area contributed by atoms with Crippen molar-refractivity contribution in [1.82, 2.24) is 20.2 Å². The van der Waals surface area contributed by atoms with Crippen molar-refractivity contribution in [2.75, 3.05) is 5.75 Å². The van der Waals surface area contributed by atoms with Crippen molar-refractivity contribution in [2.45, 2.75) is 42.9 Å². The van der Waals surface area contributed by atoms with E-state index < -0.39 is 0 Å². The van der Waals surface area contributed by atoms with Gasteiger partial charge in [0.1, 0.15) is 0 Å². The molecule has 0 amide bonds. The standard InChI is InChI=1S/C9H15N5S/c10-8(6-1-2-6)5-15-9-11-12-13-14(9)7-3-4-7/h6-8H,1-5,10H2. The van der Waals surface area contributed by atoms with Crippen LogP contribution in [0.25, 0.3) is 0 Å². The van der Waals surface area contributed by atoms with Crippen molar-refractivity contribution in [3.63, 3.8) is 0 Å². The summed E-state index contributed by atoms with van der Waals surface area (Å²) in [6.07, 6.45) is 5.03. The Bertz CT molecular complexity index is 344. The maximum absolute atomic E-state index is 6.04. The number of hydrogen-bond donors (Lipinski definition) is 1. The lowest BCUT2D eigenvalue weighted by molar-refractivity contribution is 0.564. The maximum Gasteiger partial charge on any atom is 0.209 e. The van der Waals surface area contributed by atoms with Gasteiger partial charge < -0.3 is 5.73 Å². The molecule has 5 nitrogen and oxygen atoms in total. The van der Waals surface area contributed by atoms with Crippen molar-refractivity contribution in [3.05, 3.63) is 0 Å². The number of tetrazole rings is 1. The van der Waals surface area contributed by atoms with Crippen LogP contribution in [0.5, 0.6) is 0 Å². The van der Waals surface area contributed by atoms with Gasteiger partial charge in [-0.05, 0) is 42.0 Å². The van der Waals surface area contributed by atoms with Crippen molar-refractivity contribution < 1.29 is 0 Å². The van der Waals surface area contributed by atoms with Crippen LogP contribution in [0.15, 0.2) is 5.16 Å². The van der Waals surface area contributed by atoms with Crippen molar-refractivity contribution in [1.29, 1.82) is 0 Å². The molecule has 0 spiro atoms. The third-order valence-electron chi connectivity index (χ3n) is 2.99. The lowest BCUT2D eigenvalue weighted by Crippen LogP contribution is -2.25. The predicted octanol–water partition coefficient (Wildman–Crippen LogP) is 0.837. The second kappa shape index (κ2) is 3.75. The van der Waals surface area contributed by atoms with E-state index in [1.165, 1.54) is 25.7 Å². The Morgan fingerprint density at radius 2 is 2.20 bits per heavy atom. The molecule has 1 atom stereocenters. The Hall–Kier alpha value is -0.620. The van der Waals surface area contributed by atoms with E-state index in [1.54, 1.807) is 11.8 Å². The van der Waals surface area contributed by atoms with E-state index in [-0.39, 0.29) is 0 Å². The summed E-state index contributed by atoms with van der Waals surface area (Å²) in [5.41, 5.74) is 6.04. The van der Waals surface area contributed by atoms with Gasteiger partial charge in [0.05, 0.1) is 6.04 Å². The molecule has 1 aromatic rings. The Morgan fingerprint density at radius 3 is 2.87 bits per heavy atom. The van der Waals surface area contributed by atoms with Gasteiger partial charge in [-0.2, -0.15) is 0 Å². The molecule has 0 radical (unpaired) electrons. The molecule has 0 aliphatic heterocycles. The normalized spacial score (nSPS) is 23.0. The van der Waals surface area contributed by atoms with Crippen LogP contribution in [0.2, 0.25) is 0 Å². The summed E-state index contributed by atoms with van der Waals surface area (Å²) in [4.78, 5) is 0. The summed E-state index contributed by atoms with van der Waals surface area (Å²) >= 11 is 1.70. The van der Waals surface area contributed by atoms with Crippen molar-refractivity contribution in [2.24, 2.45) is 11.7 Å². The van der Waals surface area contributed by atoms with Crippen LogP contribution in [-0.4, -0.2) is 32.0 Å². The summed E-state index contributed by atoms with van der Waals surface area (Å²) < 4.78 is 1.95. The minimum atomic E-state index is 0.319. The summed E-state index contributed by atoms with van der Waals surface area (Å²) in [6.45, 7) is 0. The van der Waals surface area contributed by atoms with Gasteiger partial charge in [-0.15, -0.1) is 5.10 Å². The van der Waals surface area contributed by atoms with E-state index in [2.05, 4.69) is 15.5 Å². The van der Waals surface area contributed by atoms with Gasteiger partial charge in [-0.3, -0.25) is 0 Å². The first-order chi connectivity index (χ1) is 7.34. The average Bonchev–Trinajstić information content (AvgIpc) is 3.12. The van der Waals surface area contributed by atoms with Crippen LogP contribution in [0, 0.1) is 5.92 Å². The fraction of sp³-hybridized carbons (Fsp3) is 0.889. The molecule has 2 N–H and O–H groups in total. The molecule has 2 aliphatic carbocycles. The zero-order valence-electron chi connectivity index (χ0n) is 8.54. The molecule has 1 heterocycles. The van der Waals surface area contributed by atoms with Gasteiger partial charge in [0, 0.05) is 11.8 Å². The summed E-state index contributed by atoms with van der Waals surface area (Å²) in [7, 11) is 0. The zero-order valence-corrected chi connectivity index (χ0v) is 9.36. The molecule has 2 aliphatic rings. The molecule has 0 bridgehead atoms. The van der Waals surface area contributed by atoms with Gasteiger partial charge in [0.15, 0.2) is 0 Å². The minimum absolute atomic E-state index is 0.319. The van der Waals surface area contributed by atoms with Gasteiger partial charge in [-0.25, -0.2) is 4.68 Å². The van der Waals surface area contributed by atoms with Crippen LogP contribution < -0.4 is 5.73 Å². The first-order valence-electron chi connectivity index (χ1n) is 5.51. The number of rotatable bonds is 5. The number of thioether (sulfide) groups is 1. The topological polar surface area (TPSA) is 69.6 Å². The Labute approximate surface area is 92.8 Å². The van der Waals surface area contributed by atoms with Gasteiger partial charge in [0.25, 0.3) is 0 Å². The predicted molar refractivity (Wildman–Crippen MR) is 57.5 cm³/mol. The van der Waals surface area contributed by atoms with E-state index >= 15 is 0 Å². The smallest absolute Gasteiger partial charge is 0.209 e. The van der Waals surface area contributed by atoms with E-state index in [9.17, 15) is 0 Å². The highest BCUT2D eigenvalue weighted by molar-refractivity contribution is 7.99. The Balaban J connectivity index is 1.58.